The maximum Gasteiger partial charge on any atom is 0.352 e. The Kier molecular flexibility index (Phi) is 5.28. The Hall–Kier alpha value is -1.87. The molecule has 0 aromatic carbocycles. The molecule has 1 rings (SSSR count). The monoisotopic (exact) mass is 304 g/mol. The van der Waals surface area contributed by atoms with Crippen molar-refractivity contribution in [3.8, 4) is 0 Å². The first kappa shape index (κ1) is 16.2. The molecule has 0 atom stereocenters. The van der Waals surface area contributed by atoms with E-state index in [0.717, 1.165) is 6.07 Å². The van der Waals surface area contributed by atoms with Crippen LogP contribution >= 0.6 is 0 Å². The molecule has 9 heteroatoms. The molecule has 0 bridgehead atoms. The Morgan fingerprint density at radius 1 is 1.40 bits per heavy atom. The van der Waals surface area contributed by atoms with E-state index in [4.69, 9.17) is 5.11 Å². The van der Waals surface area contributed by atoms with Gasteiger partial charge in [0.1, 0.15) is 17.1 Å². The first-order valence-electron chi connectivity index (χ1n) is 5.90. The molecular formula is C11H16N2O6S. The summed E-state index contributed by atoms with van der Waals surface area (Å²) >= 11 is 0. The number of carboxylic acids is 1. The highest BCUT2D eigenvalue weighted by atomic mass is 32.2. The van der Waals surface area contributed by atoms with Gasteiger partial charge in [0.2, 0.25) is 10.0 Å². The Balaban J connectivity index is 2.93. The second-order valence-corrected chi connectivity index (χ2v) is 5.55. The van der Waals surface area contributed by atoms with Crippen LogP contribution in [0.1, 0.15) is 24.3 Å². The third kappa shape index (κ3) is 3.81. The number of carbonyl (C=O) groups is 2. The predicted molar refractivity (Wildman–Crippen MR) is 68.9 cm³/mol. The van der Waals surface area contributed by atoms with Gasteiger partial charge in [0.15, 0.2) is 0 Å². The van der Waals surface area contributed by atoms with Crippen LogP contribution < -0.4 is 4.72 Å². The minimum atomic E-state index is -3.95. The average molecular weight is 304 g/mol. The van der Waals surface area contributed by atoms with Crippen LogP contribution in [0.5, 0.6) is 0 Å². The number of aryl methyl sites for hydroxylation is 1. The highest BCUT2D eigenvalue weighted by molar-refractivity contribution is 7.89. The summed E-state index contributed by atoms with van der Waals surface area (Å²) < 4.78 is 31.8. The number of nitrogens with one attached hydrogen (secondary N) is 1. The molecule has 1 aromatic heterocycles. The quantitative estimate of drug-likeness (QED) is 0.688. The first-order chi connectivity index (χ1) is 9.31. The zero-order chi connectivity index (χ0) is 15.3. The molecule has 0 aliphatic rings. The number of nitrogens with zero attached hydrogens (tertiary/aromatic N) is 1. The van der Waals surface area contributed by atoms with Crippen molar-refractivity contribution in [2.24, 2.45) is 0 Å². The summed E-state index contributed by atoms with van der Waals surface area (Å²) in [6.07, 6.45) is 1.21. The van der Waals surface area contributed by atoms with Crippen molar-refractivity contribution in [2.45, 2.75) is 25.3 Å². The molecule has 0 radical (unpaired) electrons. The minimum Gasteiger partial charge on any atom is -0.477 e. The maximum absolute atomic E-state index is 11.9. The molecule has 0 saturated carbocycles. The highest BCUT2D eigenvalue weighted by Crippen LogP contribution is 2.14. The van der Waals surface area contributed by atoms with Gasteiger partial charge in [-0.1, -0.05) is 0 Å². The number of esters is 1. The van der Waals surface area contributed by atoms with Crippen LogP contribution in [-0.2, 0) is 26.1 Å². The SMILES string of the molecule is CCOC(=O)CNS(=O)(=O)c1cc(C(=O)O)n(CC)c1. The first-order valence-corrected chi connectivity index (χ1v) is 7.38. The Morgan fingerprint density at radius 3 is 2.50 bits per heavy atom. The number of hydrogen-bond acceptors (Lipinski definition) is 5. The summed E-state index contributed by atoms with van der Waals surface area (Å²) in [5.41, 5.74) is -0.135. The molecule has 0 aliphatic heterocycles. The molecule has 112 valence electrons. The van der Waals surface area contributed by atoms with E-state index >= 15 is 0 Å². The average Bonchev–Trinajstić information content (AvgIpc) is 2.82. The van der Waals surface area contributed by atoms with Gasteiger partial charge >= 0.3 is 11.9 Å². The van der Waals surface area contributed by atoms with Gasteiger partial charge in [-0.3, -0.25) is 4.79 Å². The topological polar surface area (TPSA) is 115 Å². The van der Waals surface area contributed by atoms with Crippen LogP contribution in [0.2, 0.25) is 0 Å². The third-order valence-electron chi connectivity index (χ3n) is 2.45. The van der Waals surface area contributed by atoms with Crippen LogP contribution in [0.3, 0.4) is 0 Å². The molecule has 1 aromatic rings. The van der Waals surface area contributed by atoms with Crippen LogP contribution in [0.15, 0.2) is 17.2 Å². The highest BCUT2D eigenvalue weighted by Gasteiger charge is 2.21. The lowest BCUT2D eigenvalue weighted by molar-refractivity contribution is -0.141. The number of aromatic carboxylic acids is 1. The van der Waals surface area contributed by atoms with E-state index in [-0.39, 0.29) is 17.2 Å². The molecule has 8 nitrogen and oxygen atoms in total. The number of ether oxygens (including phenoxy) is 1. The van der Waals surface area contributed by atoms with E-state index in [1.807, 2.05) is 0 Å². The summed E-state index contributed by atoms with van der Waals surface area (Å²) in [4.78, 5) is 21.9. The van der Waals surface area contributed by atoms with Gasteiger partial charge in [0.25, 0.3) is 0 Å². The molecule has 0 spiro atoms. The fraction of sp³-hybridized carbons (Fsp3) is 0.455. The van der Waals surface area contributed by atoms with Crippen molar-refractivity contribution in [3.63, 3.8) is 0 Å². The van der Waals surface area contributed by atoms with E-state index in [2.05, 4.69) is 9.46 Å². The summed E-state index contributed by atoms with van der Waals surface area (Å²) in [6.45, 7) is 3.25. The summed E-state index contributed by atoms with van der Waals surface area (Å²) in [5, 5.41) is 8.95. The summed E-state index contributed by atoms with van der Waals surface area (Å²) in [7, 11) is -3.95. The molecule has 0 aliphatic carbocycles. The van der Waals surface area contributed by atoms with Crippen molar-refractivity contribution in [1.29, 1.82) is 0 Å². The van der Waals surface area contributed by atoms with E-state index in [1.54, 1.807) is 13.8 Å². The van der Waals surface area contributed by atoms with Gasteiger partial charge in [-0.25, -0.2) is 13.2 Å². The van der Waals surface area contributed by atoms with E-state index in [9.17, 15) is 18.0 Å². The third-order valence-corrected chi connectivity index (χ3v) is 3.82. The number of carboxylic acid groups (broad SMARTS) is 1. The van der Waals surface area contributed by atoms with Gasteiger partial charge in [0, 0.05) is 12.7 Å². The standard InChI is InChI=1S/C11H16N2O6S/c1-3-13-7-8(5-9(13)11(15)16)20(17,18)12-6-10(14)19-4-2/h5,7,12H,3-4,6H2,1-2H3,(H,15,16). The summed E-state index contributed by atoms with van der Waals surface area (Å²) in [6, 6.07) is 1.04. The second kappa shape index (κ2) is 6.53. The Labute approximate surface area is 116 Å². The van der Waals surface area contributed by atoms with Crippen molar-refractivity contribution in [1.82, 2.24) is 9.29 Å². The fourth-order valence-corrected chi connectivity index (χ4v) is 2.53. The Bertz CT molecular complexity index is 604. The Morgan fingerprint density at radius 2 is 2.05 bits per heavy atom. The number of carbonyl (C=O) groups excluding carboxylic acids is 1. The van der Waals surface area contributed by atoms with Gasteiger partial charge in [-0.05, 0) is 19.9 Å². The van der Waals surface area contributed by atoms with Gasteiger partial charge in [0.05, 0.1) is 6.61 Å². The lowest BCUT2D eigenvalue weighted by atomic mass is 10.4. The molecule has 0 fully saturated rings. The lowest BCUT2D eigenvalue weighted by Gasteiger charge is -2.04. The molecule has 1 heterocycles. The number of aromatic nitrogens is 1. The maximum atomic E-state index is 11.9. The fourth-order valence-electron chi connectivity index (χ4n) is 1.52. The van der Waals surface area contributed by atoms with Gasteiger partial charge in [-0.15, -0.1) is 0 Å². The van der Waals surface area contributed by atoms with E-state index in [1.165, 1.54) is 10.8 Å². The van der Waals surface area contributed by atoms with Gasteiger partial charge < -0.3 is 14.4 Å². The molecule has 2 N–H and O–H groups in total. The second-order valence-electron chi connectivity index (χ2n) is 3.78. The van der Waals surface area contributed by atoms with Crippen LogP contribution in [-0.4, -0.2) is 43.2 Å². The number of rotatable bonds is 7. The normalized spacial score (nSPS) is 11.3. The minimum absolute atomic E-state index is 0.135. The van der Waals surface area contributed by atoms with Crippen LogP contribution in [0.4, 0.5) is 0 Å². The largest absolute Gasteiger partial charge is 0.477 e. The molecule has 0 unspecified atom stereocenters. The van der Waals surface area contributed by atoms with Crippen molar-refractivity contribution >= 4 is 22.0 Å². The summed E-state index contributed by atoms with van der Waals surface area (Å²) in [5.74, 6) is -1.93. The predicted octanol–water partition coefficient (Wildman–Crippen LogP) is 0.0476. The molecular weight excluding hydrogens is 288 g/mol. The molecule has 20 heavy (non-hydrogen) atoms. The van der Waals surface area contributed by atoms with Crippen LogP contribution in [0, 0.1) is 0 Å². The lowest BCUT2D eigenvalue weighted by Crippen LogP contribution is -2.30. The van der Waals surface area contributed by atoms with Crippen molar-refractivity contribution in [2.75, 3.05) is 13.2 Å². The van der Waals surface area contributed by atoms with Crippen molar-refractivity contribution in [3.05, 3.63) is 18.0 Å². The van der Waals surface area contributed by atoms with E-state index < -0.39 is 28.5 Å². The zero-order valence-electron chi connectivity index (χ0n) is 11.1. The van der Waals surface area contributed by atoms with Crippen molar-refractivity contribution < 1.29 is 27.9 Å². The van der Waals surface area contributed by atoms with Gasteiger partial charge in [-0.2, -0.15) is 4.72 Å². The number of hydrogen-bond donors (Lipinski definition) is 2. The zero-order valence-corrected chi connectivity index (χ0v) is 11.9. The van der Waals surface area contributed by atoms with Crippen LogP contribution in [0.25, 0.3) is 0 Å². The van der Waals surface area contributed by atoms with E-state index in [0.29, 0.717) is 6.54 Å². The number of sulfonamides is 1. The molecule has 0 saturated heterocycles. The molecule has 0 amide bonds. The smallest absolute Gasteiger partial charge is 0.352 e.